The smallest absolute Gasteiger partial charge is 0.175 e. The molecule has 4 nitrogen and oxygen atoms in total. The van der Waals surface area contributed by atoms with Gasteiger partial charge in [0.2, 0.25) is 0 Å². The highest BCUT2D eigenvalue weighted by Crippen LogP contribution is 2.38. The van der Waals surface area contributed by atoms with Crippen LogP contribution in [0.3, 0.4) is 0 Å². The van der Waals surface area contributed by atoms with E-state index in [2.05, 4.69) is 0 Å². The number of Topliss-reactive ketones (excluding diaryl/α,β-unsaturated/α-hetero) is 2. The van der Waals surface area contributed by atoms with E-state index in [0.29, 0.717) is 34.1 Å². The summed E-state index contributed by atoms with van der Waals surface area (Å²) < 4.78 is 10.5. The highest BCUT2D eigenvalue weighted by Gasteiger charge is 2.37. The predicted molar refractivity (Wildman–Crippen MR) is 86.9 cm³/mol. The molecule has 0 aliphatic heterocycles. The SMILES string of the molecule is COc1cc2c(cc1OC)C(=O)C(C(=O)c1ccccc1Cl)C2. The molecule has 0 saturated heterocycles. The van der Waals surface area contributed by atoms with Crippen molar-refractivity contribution in [1.29, 1.82) is 0 Å². The van der Waals surface area contributed by atoms with Gasteiger partial charge in [-0.25, -0.2) is 0 Å². The van der Waals surface area contributed by atoms with Crippen LogP contribution < -0.4 is 9.47 Å². The van der Waals surface area contributed by atoms with E-state index in [4.69, 9.17) is 21.1 Å². The molecular weight excluding hydrogens is 316 g/mol. The van der Waals surface area contributed by atoms with Crippen LogP contribution in [0.4, 0.5) is 0 Å². The van der Waals surface area contributed by atoms with Gasteiger partial charge in [0.15, 0.2) is 23.1 Å². The molecule has 1 aliphatic carbocycles. The van der Waals surface area contributed by atoms with Crippen molar-refractivity contribution in [3.63, 3.8) is 0 Å². The van der Waals surface area contributed by atoms with Crippen molar-refractivity contribution in [3.8, 4) is 11.5 Å². The second-order valence-electron chi connectivity index (χ2n) is 5.33. The van der Waals surface area contributed by atoms with Crippen molar-refractivity contribution in [2.45, 2.75) is 6.42 Å². The first-order valence-corrected chi connectivity index (χ1v) is 7.52. The fourth-order valence-electron chi connectivity index (χ4n) is 2.88. The van der Waals surface area contributed by atoms with E-state index in [0.717, 1.165) is 5.56 Å². The van der Waals surface area contributed by atoms with Crippen LogP contribution in [-0.2, 0) is 6.42 Å². The number of ether oxygens (including phenoxy) is 2. The summed E-state index contributed by atoms with van der Waals surface area (Å²) in [5, 5.41) is 0.358. The zero-order valence-corrected chi connectivity index (χ0v) is 13.5. The van der Waals surface area contributed by atoms with Crippen LogP contribution >= 0.6 is 11.6 Å². The minimum Gasteiger partial charge on any atom is -0.493 e. The number of carbonyl (C=O) groups excluding carboxylic acids is 2. The van der Waals surface area contributed by atoms with E-state index in [-0.39, 0.29) is 11.6 Å². The summed E-state index contributed by atoms with van der Waals surface area (Å²) in [4.78, 5) is 25.3. The fourth-order valence-corrected chi connectivity index (χ4v) is 3.11. The number of hydrogen-bond acceptors (Lipinski definition) is 4. The Kier molecular flexibility index (Phi) is 4.09. The average molecular weight is 331 g/mol. The third-order valence-corrected chi connectivity index (χ3v) is 4.40. The van der Waals surface area contributed by atoms with E-state index in [9.17, 15) is 9.59 Å². The minimum absolute atomic E-state index is 0.203. The molecule has 118 valence electrons. The van der Waals surface area contributed by atoms with Crippen molar-refractivity contribution in [2.75, 3.05) is 14.2 Å². The van der Waals surface area contributed by atoms with Gasteiger partial charge in [0.05, 0.1) is 25.2 Å². The molecule has 2 aromatic rings. The van der Waals surface area contributed by atoms with Crippen LogP contribution in [0.1, 0.15) is 26.3 Å². The van der Waals surface area contributed by atoms with E-state index in [1.54, 1.807) is 36.4 Å². The summed E-state index contributed by atoms with van der Waals surface area (Å²) in [6.07, 6.45) is 0.346. The first-order valence-electron chi connectivity index (χ1n) is 7.14. The molecule has 0 saturated carbocycles. The largest absolute Gasteiger partial charge is 0.493 e. The molecule has 1 unspecified atom stereocenters. The number of rotatable bonds is 4. The van der Waals surface area contributed by atoms with Gasteiger partial charge in [-0.05, 0) is 36.2 Å². The lowest BCUT2D eigenvalue weighted by molar-refractivity contribution is 0.0822. The number of benzene rings is 2. The van der Waals surface area contributed by atoms with Crippen LogP contribution in [0, 0.1) is 5.92 Å². The van der Waals surface area contributed by atoms with Gasteiger partial charge < -0.3 is 9.47 Å². The summed E-state index contributed by atoms with van der Waals surface area (Å²) in [6.45, 7) is 0. The number of fused-ring (bicyclic) bond motifs is 1. The van der Waals surface area contributed by atoms with Gasteiger partial charge in [-0.2, -0.15) is 0 Å². The number of ketones is 2. The van der Waals surface area contributed by atoms with Crippen molar-refractivity contribution < 1.29 is 19.1 Å². The fraction of sp³-hybridized carbons (Fsp3) is 0.222. The Hall–Kier alpha value is -2.33. The second-order valence-corrected chi connectivity index (χ2v) is 5.74. The van der Waals surface area contributed by atoms with E-state index in [1.807, 2.05) is 0 Å². The zero-order valence-electron chi connectivity index (χ0n) is 12.8. The molecule has 5 heteroatoms. The van der Waals surface area contributed by atoms with Gasteiger partial charge in [0, 0.05) is 11.1 Å². The Bertz CT molecular complexity index is 798. The zero-order chi connectivity index (χ0) is 16.6. The van der Waals surface area contributed by atoms with Crippen LogP contribution in [0.5, 0.6) is 11.5 Å². The molecule has 0 heterocycles. The van der Waals surface area contributed by atoms with Gasteiger partial charge in [-0.3, -0.25) is 9.59 Å². The Morgan fingerprint density at radius 3 is 2.43 bits per heavy atom. The Balaban J connectivity index is 1.98. The molecule has 0 bridgehead atoms. The molecule has 0 radical (unpaired) electrons. The van der Waals surface area contributed by atoms with Crippen molar-refractivity contribution in [1.82, 2.24) is 0 Å². The van der Waals surface area contributed by atoms with E-state index < -0.39 is 5.92 Å². The number of halogens is 1. The molecule has 0 aromatic heterocycles. The summed E-state index contributed by atoms with van der Waals surface area (Å²) in [6, 6.07) is 10.2. The molecule has 0 N–H and O–H groups in total. The maximum atomic E-state index is 12.7. The second kappa shape index (κ2) is 6.05. The molecule has 23 heavy (non-hydrogen) atoms. The summed E-state index contributed by atoms with van der Waals surface area (Å²) >= 11 is 6.08. The average Bonchev–Trinajstić information content (AvgIpc) is 2.89. The highest BCUT2D eigenvalue weighted by molar-refractivity contribution is 6.35. The van der Waals surface area contributed by atoms with Crippen LogP contribution in [0.25, 0.3) is 0 Å². The Morgan fingerprint density at radius 1 is 1.13 bits per heavy atom. The quantitative estimate of drug-likeness (QED) is 0.635. The number of methoxy groups -OCH3 is 2. The molecule has 2 aromatic carbocycles. The normalized spacial score (nSPS) is 16.1. The molecule has 0 amide bonds. The number of hydrogen-bond donors (Lipinski definition) is 0. The van der Waals surface area contributed by atoms with Crippen molar-refractivity contribution >= 4 is 23.2 Å². The van der Waals surface area contributed by atoms with Gasteiger partial charge in [0.1, 0.15) is 0 Å². The lowest BCUT2D eigenvalue weighted by Crippen LogP contribution is -2.21. The number of carbonyl (C=O) groups is 2. The maximum absolute atomic E-state index is 12.7. The van der Waals surface area contributed by atoms with Crippen molar-refractivity contribution in [3.05, 3.63) is 58.1 Å². The van der Waals surface area contributed by atoms with Gasteiger partial charge in [-0.1, -0.05) is 23.7 Å². The lowest BCUT2D eigenvalue weighted by atomic mass is 9.94. The van der Waals surface area contributed by atoms with Gasteiger partial charge in [0.25, 0.3) is 0 Å². The maximum Gasteiger partial charge on any atom is 0.175 e. The van der Waals surface area contributed by atoms with E-state index in [1.165, 1.54) is 14.2 Å². The Labute approximate surface area is 139 Å². The molecular formula is C18H15ClO4. The van der Waals surface area contributed by atoms with Crippen LogP contribution in [0.15, 0.2) is 36.4 Å². The predicted octanol–water partition coefficient (Wildman–Crippen LogP) is 3.60. The van der Waals surface area contributed by atoms with E-state index >= 15 is 0 Å². The molecule has 0 spiro atoms. The standard InChI is InChI=1S/C18H15ClO4/c1-22-15-8-10-7-13(18(21)12(10)9-16(15)23-2)17(20)11-5-3-4-6-14(11)19/h3-6,8-9,13H,7H2,1-2H3. The summed E-state index contributed by atoms with van der Waals surface area (Å²) in [7, 11) is 3.05. The van der Waals surface area contributed by atoms with Gasteiger partial charge >= 0.3 is 0 Å². The molecule has 3 rings (SSSR count). The third kappa shape index (κ3) is 2.59. The molecule has 1 atom stereocenters. The van der Waals surface area contributed by atoms with Crippen LogP contribution in [0.2, 0.25) is 5.02 Å². The molecule has 0 fully saturated rings. The summed E-state index contributed by atoms with van der Waals surface area (Å²) in [5.74, 6) is -0.183. The van der Waals surface area contributed by atoms with Crippen molar-refractivity contribution in [2.24, 2.45) is 5.92 Å². The third-order valence-electron chi connectivity index (χ3n) is 4.07. The van der Waals surface area contributed by atoms with Gasteiger partial charge in [-0.15, -0.1) is 0 Å². The van der Waals surface area contributed by atoms with Crippen LogP contribution in [-0.4, -0.2) is 25.8 Å². The monoisotopic (exact) mass is 330 g/mol. The first kappa shape index (κ1) is 15.6. The summed E-state index contributed by atoms with van der Waals surface area (Å²) in [5.41, 5.74) is 1.67. The lowest BCUT2D eigenvalue weighted by Gasteiger charge is -2.09. The highest BCUT2D eigenvalue weighted by atomic mass is 35.5. The topological polar surface area (TPSA) is 52.6 Å². The first-order chi connectivity index (χ1) is 11.1. The minimum atomic E-state index is -0.748. The molecule has 1 aliphatic rings. The Morgan fingerprint density at radius 2 is 1.78 bits per heavy atom.